The van der Waals surface area contributed by atoms with Crippen molar-refractivity contribution >= 4 is 41.2 Å². The number of alkyl carbamates (subject to hydrolysis) is 1. The summed E-state index contributed by atoms with van der Waals surface area (Å²) in [5.41, 5.74) is -1.39. The molecular formula is C37H52ClN3O11. The standard InChI is InChI=1S/C37H52ClN3O11/c1-19(2)33(43)40(7)22(5)34(44)51-28-17-29(42)41(8)24-15-23(16-25(47-9)30(24)38)31(49-11)20(3)13-12-14-27(48-10)37(46)18-26(50-35(45)39-37)21(4)32-36(28,6)52-32/h12-16,19,21-22,26-28,31-32,46H,17-18H2,1-11H3,(H,39,45)/b14-12+,20-13+/t21-,22+,26+,27-,28+,31-,32+,36+,37+/m1/s1. The Bertz CT molecular complexity index is 1600. The topological polar surface area (TPSA) is 166 Å². The van der Waals surface area contributed by atoms with E-state index in [4.69, 9.17) is 40.0 Å². The first kappa shape index (κ1) is 41.1. The van der Waals surface area contributed by atoms with Gasteiger partial charge in [-0.05, 0) is 44.0 Å². The van der Waals surface area contributed by atoms with Crippen molar-refractivity contribution in [2.75, 3.05) is 40.3 Å². The average molecular weight is 750 g/mol. The number of likely N-dealkylation sites (N-methyl/N-ethyl adjacent to an activating group) is 1. The maximum atomic E-state index is 14.2. The molecule has 288 valence electrons. The van der Waals surface area contributed by atoms with Gasteiger partial charge in [0.15, 0.2) is 5.72 Å². The fourth-order valence-corrected chi connectivity index (χ4v) is 7.21. The summed E-state index contributed by atoms with van der Waals surface area (Å²) in [6.07, 6.45) is -0.443. The van der Waals surface area contributed by atoms with Gasteiger partial charge in [0.1, 0.15) is 46.8 Å². The van der Waals surface area contributed by atoms with Gasteiger partial charge in [-0.1, -0.05) is 50.6 Å². The van der Waals surface area contributed by atoms with E-state index in [0.717, 1.165) is 5.57 Å². The number of methoxy groups -OCH3 is 3. The monoisotopic (exact) mass is 749 g/mol. The lowest BCUT2D eigenvalue weighted by atomic mass is 9.83. The summed E-state index contributed by atoms with van der Waals surface area (Å²) >= 11 is 6.79. The number of carbonyl (C=O) groups is 4. The Hall–Kier alpha value is -3.69. The van der Waals surface area contributed by atoms with Crippen molar-refractivity contribution in [3.63, 3.8) is 0 Å². The summed E-state index contributed by atoms with van der Waals surface area (Å²) in [4.78, 5) is 56.1. The van der Waals surface area contributed by atoms with Crippen LogP contribution in [0.25, 0.3) is 0 Å². The summed E-state index contributed by atoms with van der Waals surface area (Å²) in [6.45, 7) is 10.3. The number of ether oxygens (including phenoxy) is 6. The second-order valence-corrected chi connectivity index (χ2v) is 14.6. The number of nitrogens with one attached hydrogen (secondary N) is 1. The Kier molecular flexibility index (Phi) is 12.7. The number of hydrogen-bond donors (Lipinski definition) is 2. The molecule has 0 radical (unpaired) electrons. The fraction of sp³-hybridized carbons (Fsp3) is 0.622. The number of carbonyl (C=O) groups excluding carboxylic acids is 4. The molecule has 14 nitrogen and oxygen atoms in total. The van der Waals surface area contributed by atoms with Gasteiger partial charge in [0, 0.05) is 46.6 Å². The van der Waals surface area contributed by atoms with Gasteiger partial charge in [0.2, 0.25) is 11.8 Å². The van der Waals surface area contributed by atoms with Crippen LogP contribution in [0.2, 0.25) is 5.02 Å². The number of benzene rings is 1. The van der Waals surface area contributed by atoms with E-state index in [1.54, 1.807) is 72.0 Å². The molecule has 4 bridgehead atoms. The van der Waals surface area contributed by atoms with Gasteiger partial charge in [-0.2, -0.15) is 0 Å². The van der Waals surface area contributed by atoms with Crippen LogP contribution in [0, 0.1) is 11.8 Å². The predicted octanol–water partition coefficient (Wildman–Crippen LogP) is 4.32. The quantitative estimate of drug-likeness (QED) is 0.301. The minimum atomic E-state index is -1.86. The van der Waals surface area contributed by atoms with Crippen LogP contribution in [-0.4, -0.2) is 111 Å². The molecule has 3 heterocycles. The van der Waals surface area contributed by atoms with Crippen LogP contribution in [0.4, 0.5) is 10.5 Å². The van der Waals surface area contributed by atoms with E-state index in [1.807, 2.05) is 6.92 Å². The molecule has 0 unspecified atom stereocenters. The first-order valence-electron chi connectivity index (χ1n) is 17.2. The third-order valence-corrected chi connectivity index (χ3v) is 10.8. The van der Waals surface area contributed by atoms with E-state index in [1.165, 1.54) is 38.2 Å². The Labute approximate surface area is 310 Å². The molecule has 0 spiro atoms. The lowest BCUT2D eigenvalue weighted by Crippen LogP contribution is -2.63. The first-order valence-corrected chi connectivity index (χ1v) is 17.6. The number of nitrogens with zero attached hydrogens (tertiary/aromatic N) is 2. The second-order valence-electron chi connectivity index (χ2n) is 14.3. The Balaban J connectivity index is 1.83. The molecule has 9 atom stereocenters. The molecule has 15 heteroatoms. The zero-order chi connectivity index (χ0) is 38.9. The van der Waals surface area contributed by atoms with Crippen LogP contribution < -0.4 is 15.0 Å². The predicted molar refractivity (Wildman–Crippen MR) is 192 cm³/mol. The van der Waals surface area contributed by atoms with Gasteiger partial charge in [0.05, 0.1) is 25.3 Å². The number of hydrogen-bond acceptors (Lipinski definition) is 11. The summed E-state index contributed by atoms with van der Waals surface area (Å²) in [5.74, 6) is -2.05. The van der Waals surface area contributed by atoms with Gasteiger partial charge in [0.25, 0.3) is 0 Å². The first-order chi connectivity index (χ1) is 24.3. The molecule has 0 aromatic heterocycles. The highest BCUT2D eigenvalue weighted by atomic mass is 35.5. The van der Waals surface area contributed by atoms with E-state index in [2.05, 4.69) is 5.32 Å². The van der Waals surface area contributed by atoms with Crippen molar-refractivity contribution in [1.82, 2.24) is 10.2 Å². The summed E-state index contributed by atoms with van der Waals surface area (Å²) in [5, 5.41) is 14.4. The summed E-state index contributed by atoms with van der Waals surface area (Å²) < 4.78 is 35.1. The molecule has 0 saturated carbocycles. The molecule has 1 aromatic rings. The fourth-order valence-electron chi connectivity index (χ4n) is 6.89. The zero-order valence-corrected chi connectivity index (χ0v) is 32.5. The van der Waals surface area contributed by atoms with Crippen LogP contribution in [0.15, 0.2) is 35.9 Å². The molecule has 4 rings (SSSR count). The molecule has 52 heavy (non-hydrogen) atoms. The number of aliphatic hydroxyl groups is 1. The Morgan fingerprint density at radius 3 is 2.42 bits per heavy atom. The van der Waals surface area contributed by atoms with Crippen LogP contribution in [0.5, 0.6) is 5.75 Å². The molecule has 3 amide bonds. The zero-order valence-electron chi connectivity index (χ0n) is 31.7. The highest BCUT2D eigenvalue weighted by molar-refractivity contribution is 6.35. The van der Waals surface area contributed by atoms with Crippen LogP contribution in [0.3, 0.4) is 0 Å². The molecule has 0 aliphatic carbocycles. The van der Waals surface area contributed by atoms with E-state index in [0.29, 0.717) is 17.0 Å². The van der Waals surface area contributed by atoms with E-state index in [-0.39, 0.29) is 29.7 Å². The van der Waals surface area contributed by atoms with Crippen molar-refractivity contribution in [3.05, 3.63) is 46.5 Å². The van der Waals surface area contributed by atoms with Gasteiger partial charge in [-0.25, -0.2) is 9.59 Å². The van der Waals surface area contributed by atoms with Gasteiger partial charge in [-0.3, -0.25) is 14.9 Å². The van der Waals surface area contributed by atoms with Crippen molar-refractivity contribution in [2.45, 2.75) is 102 Å². The molecule has 2 N–H and O–H groups in total. The minimum absolute atomic E-state index is 0.0719. The number of anilines is 1. The largest absolute Gasteiger partial charge is 0.495 e. The third kappa shape index (κ3) is 8.26. The molecular weight excluding hydrogens is 698 g/mol. The van der Waals surface area contributed by atoms with Gasteiger partial charge >= 0.3 is 12.1 Å². The number of halogens is 1. The van der Waals surface area contributed by atoms with Crippen LogP contribution >= 0.6 is 11.6 Å². The lowest BCUT2D eigenvalue weighted by Gasteiger charge is -2.42. The van der Waals surface area contributed by atoms with Crippen molar-refractivity contribution in [2.24, 2.45) is 11.8 Å². The highest BCUT2D eigenvalue weighted by Gasteiger charge is 2.64. The van der Waals surface area contributed by atoms with E-state index >= 15 is 0 Å². The van der Waals surface area contributed by atoms with Crippen LogP contribution in [0.1, 0.15) is 66.1 Å². The van der Waals surface area contributed by atoms with Crippen LogP contribution in [-0.2, 0) is 38.1 Å². The molecule has 3 aliphatic rings. The number of rotatable bonds is 7. The Morgan fingerprint density at radius 1 is 1.15 bits per heavy atom. The van der Waals surface area contributed by atoms with Gasteiger partial charge < -0.3 is 43.3 Å². The maximum absolute atomic E-state index is 14.2. The SMILES string of the molecule is COc1cc2cc(c1Cl)N(C)C(=O)C[C@H](OC(=O)[C@H](C)N(C)C(=O)C(C)C)[C@]1(C)O[C@H]1[C@H](C)[C@@H]1C[C@@](O)(NC(=O)O1)[C@H](OC)/C=C/C=C(\C)[C@H]2OC. The smallest absolute Gasteiger partial charge is 0.409 e. The van der Waals surface area contributed by atoms with E-state index in [9.17, 15) is 24.3 Å². The van der Waals surface area contributed by atoms with Gasteiger partial charge in [-0.15, -0.1) is 0 Å². The highest BCUT2D eigenvalue weighted by Crippen LogP contribution is 2.49. The normalized spacial score (nSPS) is 33.1. The number of allylic oxidation sites excluding steroid dienone is 2. The number of amides is 3. The van der Waals surface area contributed by atoms with Crippen molar-refractivity contribution in [1.29, 1.82) is 0 Å². The second kappa shape index (κ2) is 16.1. The summed E-state index contributed by atoms with van der Waals surface area (Å²) in [6, 6.07) is 2.46. The molecule has 2 fully saturated rings. The van der Waals surface area contributed by atoms with E-state index < -0.39 is 71.8 Å². The molecule has 3 aliphatic heterocycles. The molecule has 1 aromatic carbocycles. The van der Waals surface area contributed by atoms with Crippen molar-refractivity contribution in [3.8, 4) is 5.75 Å². The lowest BCUT2D eigenvalue weighted by molar-refractivity contribution is -0.162. The maximum Gasteiger partial charge on any atom is 0.409 e. The molecule has 2 saturated heterocycles. The Morgan fingerprint density at radius 2 is 1.83 bits per heavy atom. The minimum Gasteiger partial charge on any atom is -0.495 e. The number of fused-ring (bicyclic) bond motifs is 5. The number of esters is 1. The third-order valence-electron chi connectivity index (χ3n) is 10.4. The number of epoxide rings is 1. The summed E-state index contributed by atoms with van der Waals surface area (Å²) in [7, 11) is 7.48. The average Bonchev–Trinajstić information content (AvgIpc) is 3.79. The van der Waals surface area contributed by atoms with Crippen molar-refractivity contribution < 1.29 is 52.7 Å².